The topological polar surface area (TPSA) is 104 Å². The second-order valence-corrected chi connectivity index (χ2v) is 15.0. The Bertz CT molecular complexity index is 740. The van der Waals surface area contributed by atoms with Gasteiger partial charge in [-0.2, -0.15) is 0 Å². The SMILES string of the molecule is CCCCCCCOC(=O)OCCCCCC.CCCCCCOC(=O)OCCCCCCN(CCCC)CCCCCCCC(O)OCCCCCC. The van der Waals surface area contributed by atoms with Crippen molar-refractivity contribution in [2.75, 3.05) is 52.7 Å². The molecule has 54 heavy (non-hydrogen) atoms. The third-order valence-electron chi connectivity index (χ3n) is 9.55. The fraction of sp³-hybridized carbons (Fsp3) is 0.956. The normalized spacial score (nSPS) is 11.6. The molecule has 0 heterocycles. The maximum atomic E-state index is 11.6. The maximum Gasteiger partial charge on any atom is 0.508 e. The number of carbonyl (C=O) groups is 2. The standard InChI is InChI=1S/C31H63NO5.C14H28O3/c1-4-7-10-20-27-35-30(33)23-17-13-12-14-18-25-32(24-9-6-3)26-19-15-16-22-29-37-31(34)36-28-21-11-8-5-2;1-3-5-7-9-11-13-17-14(15)16-12-10-8-6-4-2/h30,33H,4-29H2,1-3H3;3-13H2,1-2H3. The lowest BCUT2D eigenvalue weighted by Gasteiger charge is -2.22. The van der Waals surface area contributed by atoms with E-state index < -0.39 is 18.6 Å². The molecular weight excluding hydrogens is 682 g/mol. The highest BCUT2D eigenvalue weighted by Crippen LogP contribution is 2.12. The molecule has 9 nitrogen and oxygen atoms in total. The summed E-state index contributed by atoms with van der Waals surface area (Å²) in [5.74, 6) is 0. The van der Waals surface area contributed by atoms with E-state index in [9.17, 15) is 14.7 Å². The van der Waals surface area contributed by atoms with Crippen LogP contribution in [0.1, 0.15) is 221 Å². The number of aliphatic hydroxyl groups is 1. The Morgan fingerprint density at radius 1 is 0.389 bits per heavy atom. The number of hydrogen-bond donors (Lipinski definition) is 1. The van der Waals surface area contributed by atoms with Gasteiger partial charge in [-0.05, 0) is 83.8 Å². The number of aliphatic hydroxyl groups excluding tert-OH is 1. The van der Waals surface area contributed by atoms with Crippen LogP contribution in [0.2, 0.25) is 0 Å². The summed E-state index contributed by atoms with van der Waals surface area (Å²) in [5.41, 5.74) is 0. The summed E-state index contributed by atoms with van der Waals surface area (Å²) in [4.78, 5) is 25.3. The van der Waals surface area contributed by atoms with Crippen molar-refractivity contribution in [1.29, 1.82) is 0 Å². The van der Waals surface area contributed by atoms with Crippen LogP contribution in [0.15, 0.2) is 0 Å². The smallest absolute Gasteiger partial charge is 0.434 e. The lowest BCUT2D eigenvalue weighted by atomic mass is 10.1. The molecule has 0 saturated carbocycles. The van der Waals surface area contributed by atoms with Gasteiger partial charge in [-0.1, -0.05) is 157 Å². The molecule has 0 aromatic heterocycles. The summed E-state index contributed by atoms with van der Waals surface area (Å²) in [6.07, 6.45) is 31.5. The highest BCUT2D eigenvalue weighted by molar-refractivity contribution is 5.60. The molecule has 0 spiro atoms. The second kappa shape index (κ2) is 47.6. The van der Waals surface area contributed by atoms with Crippen molar-refractivity contribution in [3.05, 3.63) is 0 Å². The Balaban J connectivity index is 0. The highest BCUT2D eigenvalue weighted by atomic mass is 16.7. The summed E-state index contributed by atoms with van der Waals surface area (Å²) in [6.45, 7) is 17.2. The van der Waals surface area contributed by atoms with Gasteiger partial charge in [0, 0.05) is 6.61 Å². The number of carbonyl (C=O) groups excluding carboxylic acids is 2. The Morgan fingerprint density at radius 2 is 0.685 bits per heavy atom. The molecular formula is C45H91NO8. The number of unbranched alkanes of at least 4 members (excludes halogenated alkanes) is 21. The summed E-state index contributed by atoms with van der Waals surface area (Å²) in [7, 11) is 0. The van der Waals surface area contributed by atoms with Crippen LogP contribution in [-0.2, 0) is 23.7 Å². The van der Waals surface area contributed by atoms with Crippen LogP contribution in [0.25, 0.3) is 0 Å². The molecule has 0 radical (unpaired) electrons. The highest BCUT2D eigenvalue weighted by Gasteiger charge is 2.07. The molecule has 0 aromatic carbocycles. The fourth-order valence-corrected chi connectivity index (χ4v) is 5.99. The molecule has 1 N–H and O–H groups in total. The van der Waals surface area contributed by atoms with Crippen molar-refractivity contribution in [1.82, 2.24) is 4.90 Å². The molecule has 324 valence electrons. The van der Waals surface area contributed by atoms with Gasteiger partial charge in [0.05, 0.1) is 26.4 Å². The number of rotatable bonds is 40. The quantitative estimate of drug-likeness (QED) is 0.0370. The van der Waals surface area contributed by atoms with Gasteiger partial charge in [0.15, 0.2) is 6.29 Å². The Labute approximate surface area is 334 Å². The van der Waals surface area contributed by atoms with E-state index >= 15 is 0 Å². The minimum absolute atomic E-state index is 0.468. The Hall–Kier alpha value is -1.58. The van der Waals surface area contributed by atoms with Crippen LogP contribution in [0.5, 0.6) is 0 Å². The average Bonchev–Trinajstić information content (AvgIpc) is 3.17. The van der Waals surface area contributed by atoms with Gasteiger partial charge in [-0.25, -0.2) is 9.59 Å². The van der Waals surface area contributed by atoms with Crippen molar-refractivity contribution in [3.8, 4) is 0 Å². The molecule has 0 saturated heterocycles. The van der Waals surface area contributed by atoms with Crippen LogP contribution in [0.3, 0.4) is 0 Å². The predicted octanol–water partition coefficient (Wildman–Crippen LogP) is 13.3. The first-order valence-electron chi connectivity index (χ1n) is 23.1. The molecule has 0 fully saturated rings. The van der Waals surface area contributed by atoms with Gasteiger partial charge in [-0.3, -0.25) is 0 Å². The van der Waals surface area contributed by atoms with Crippen molar-refractivity contribution in [2.24, 2.45) is 0 Å². The van der Waals surface area contributed by atoms with Crippen molar-refractivity contribution in [3.63, 3.8) is 0 Å². The largest absolute Gasteiger partial charge is 0.508 e. The first-order valence-corrected chi connectivity index (χ1v) is 23.1. The van der Waals surface area contributed by atoms with Gasteiger partial charge >= 0.3 is 12.3 Å². The van der Waals surface area contributed by atoms with Gasteiger partial charge in [-0.15, -0.1) is 0 Å². The summed E-state index contributed by atoms with van der Waals surface area (Å²) >= 11 is 0. The maximum absolute atomic E-state index is 11.6. The van der Waals surface area contributed by atoms with Crippen LogP contribution in [0, 0.1) is 0 Å². The molecule has 0 aromatic rings. The summed E-state index contributed by atoms with van der Waals surface area (Å²) < 4.78 is 25.7. The molecule has 0 bridgehead atoms. The third-order valence-corrected chi connectivity index (χ3v) is 9.55. The minimum atomic E-state index is -0.577. The zero-order chi connectivity index (χ0) is 40.0. The zero-order valence-corrected chi connectivity index (χ0v) is 36.5. The molecule has 9 heteroatoms. The molecule has 0 aliphatic carbocycles. The van der Waals surface area contributed by atoms with Gasteiger partial charge in [0.2, 0.25) is 0 Å². The molecule has 0 aliphatic heterocycles. The van der Waals surface area contributed by atoms with E-state index in [2.05, 4.69) is 39.5 Å². The van der Waals surface area contributed by atoms with Crippen molar-refractivity contribution < 1.29 is 38.4 Å². The van der Waals surface area contributed by atoms with Crippen LogP contribution in [0.4, 0.5) is 9.59 Å². The minimum Gasteiger partial charge on any atom is -0.434 e. The Kier molecular flexibility index (Phi) is 48.0. The molecule has 1 atom stereocenters. The number of ether oxygens (including phenoxy) is 5. The van der Waals surface area contributed by atoms with Gasteiger partial charge < -0.3 is 33.7 Å². The van der Waals surface area contributed by atoms with E-state index in [4.69, 9.17) is 23.7 Å². The van der Waals surface area contributed by atoms with E-state index in [0.717, 1.165) is 70.6 Å². The first-order chi connectivity index (χ1) is 26.4. The van der Waals surface area contributed by atoms with Crippen LogP contribution >= 0.6 is 0 Å². The van der Waals surface area contributed by atoms with Crippen molar-refractivity contribution >= 4 is 12.3 Å². The lowest BCUT2D eigenvalue weighted by Crippen LogP contribution is -2.27. The summed E-state index contributed by atoms with van der Waals surface area (Å²) in [6, 6.07) is 0. The van der Waals surface area contributed by atoms with E-state index in [1.54, 1.807) is 0 Å². The zero-order valence-electron chi connectivity index (χ0n) is 36.5. The van der Waals surface area contributed by atoms with Gasteiger partial charge in [0.25, 0.3) is 0 Å². The number of nitrogens with zero attached hydrogens (tertiary/aromatic N) is 1. The summed E-state index contributed by atoms with van der Waals surface area (Å²) in [5, 5.41) is 9.94. The van der Waals surface area contributed by atoms with E-state index in [0.29, 0.717) is 33.0 Å². The predicted molar refractivity (Wildman–Crippen MR) is 225 cm³/mol. The van der Waals surface area contributed by atoms with Crippen LogP contribution < -0.4 is 0 Å². The first kappa shape index (κ1) is 54.5. The van der Waals surface area contributed by atoms with E-state index in [1.165, 1.54) is 135 Å². The molecule has 0 rings (SSSR count). The van der Waals surface area contributed by atoms with Crippen molar-refractivity contribution in [2.45, 2.75) is 227 Å². The van der Waals surface area contributed by atoms with E-state index in [1.807, 2.05) is 0 Å². The van der Waals surface area contributed by atoms with Crippen LogP contribution in [-0.4, -0.2) is 81.3 Å². The van der Waals surface area contributed by atoms with E-state index in [-0.39, 0.29) is 0 Å². The second-order valence-electron chi connectivity index (χ2n) is 15.0. The fourth-order valence-electron chi connectivity index (χ4n) is 5.99. The lowest BCUT2D eigenvalue weighted by molar-refractivity contribution is -0.105. The molecule has 1 unspecified atom stereocenters. The third kappa shape index (κ3) is 46.6. The molecule has 0 aliphatic rings. The monoisotopic (exact) mass is 774 g/mol. The number of hydrogen-bond acceptors (Lipinski definition) is 9. The Morgan fingerprint density at radius 3 is 1.09 bits per heavy atom. The molecule has 0 amide bonds. The average molecular weight is 774 g/mol. The van der Waals surface area contributed by atoms with Gasteiger partial charge in [0.1, 0.15) is 0 Å².